The molecular formula is C17H9F2N3O. The van der Waals surface area contributed by atoms with E-state index in [1.165, 1.54) is 18.3 Å². The molecule has 0 N–H and O–H groups in total. The first-order chi connectivity index (χ1) is 11.3. The Hall–Kier alpha value is -3.15. The van der Waals surface area contributed by atoms with Crippen molar-refractivity contribution in [1.82, 2.24) is 15.3 Å². The Bertz CT molecular complexity index is 934. The molecule has 0 atom stereocenters. The van der Waals surface area contributed by atoms with Gasteiger partial charge in [-0.2, -0.15) is 0 Å². The topological polar surface area (TPSA) is 51.8 Å². The quantitative estimate of drug-likeness (QED) is 0.556. The maximum absolute atomic E-state index is 14.0. The van der Waals surface area contributed by atoms with E-state index in [1.807, 2.05) is 0 Å². The van der Waals surface area contributed by atoms with E-state index in [9.17, 15) is 8.78 Å². The van der Waals surface area contributed by atoms with Gasteiger partial charge in [-0.3, -0.25) is 4.98 Å². The fourth-order valence-corrected chi connectivity index (χ4v) is 2.50. The summed E-state index contributed by atoms with van der Waals surface area (Å²) >= 11 is 0. The number of pyridine rings is 1. The number of benzene rings is 2. The predicted octanol–water partition coefficient (Wildman–Crippen LogP) is 4.23. The number of hydrogen-bond donors (Lipinski definition) is 0. The molecule has 2 aromatic carbocycles. The van der Waals surface area contributed by atoms with Crippen LogP contribution in [0.15, 0.2) is 59.4 Å². The highest BCUT2D eigenvalue weighted by atomic mass is 19.1. The van der Waals surface area contributed by atoms with Gasteiger partial charge in [0.1, 0.15) is 22.8 Å². The van der Waals surface area contributed by atoms with Crippen LogP contribution in [0.4, 0.5) is 8.78 Å². The first-order valence-electron chi connectivity index (χ1n) is 6.87. The van der Waals surface area contributed by atoms with Gasteiger partial charge in [0.15, 0.2) is 5.52 Å². The second-order valence-electron chi connectivity index (χ2n) is 4.94. The van der Waals surface area contributed by atoms with Gasteiger partial charge in [0.25, 0.3) is 0 Å². The van der Waals surface area contributed by atoms with Gasteiger partial charge in [-0.05, 0) is 28.5 Å². The van der Waals surface area contributed by atoms with E-state index in [4.69, 9.17) is 4.63 Å². The van der Waals surface area contributed by atoms with Crippen molar-refractivity contribution in [3.8, 4) is 22.4 Å². The second kappa shape index (κ2) is 5.24. The summed E-state index contributed by atoms with van der Waals surface area (Å²) < 4.78 is 32.8. The van der Waals surface area contributed by atoms with E-state index in [-0.39, 0.29) is 11.1 Å². The van der Waals surface area contributed by atoms with Crippen molar-refractivity contribution in [2.24, 2.45) is 0 Å². The highest BCUT2D eigenvalue weighted by Crippen LogP contribution is 2.33. The van der Waals surface area contributed by atoms with E-state index >= 15 is 0 Å². The number of hydrogen-bond acceptors (Lipinski definition) is 4. The van der Waals surface area contributed by atoms with Crippen LogP contribution >= 0.6 is 0 Å². The summed E-state index contributed by atoms with van der Waals surface area (Å²) in [7, 11) is 0. The first kappa shape index (κ1) is 13.5. The van der Waals surface area contributed by atoms with Crippen LogP contribution in [0.3, 0.4) is 0 Å². The molecular weight excluding hydrogens is 300 g/mol. The van der Waals surface area contributed by atoms with Crippen molar-refractivity contribution in [2.75, 3.05) is 0 Å². The Morgan fingerprint density at radius 3 is 2.00 bits per heavy atom. The Balaban J connectivity index is 2.00. The lowest BCUT2D eigenvalue weighted by molar-refractivity contribution is 0.315. The van der Waals surface area contributed by atoms with Crippen molar-refractivity contribution in [3.05, 3.63) is 66.4 Å². The smallest absolute Gasteiger partial charge is 0.162 e. The van der Waals surface area contributed by atoms with E-state index < -0.39 is 11.6 Å². The van der Waals surface area contributed by atoms with Gasteiger partial charge in [-0.15, -0.1) is 0 Å². The third kappa shape index (κ3) is 2.15. The normalized spacial score (nSPS) is 11.0. The highest BCUT2D eigenvalue weighted by molar-refractivity contribution is 5.97. The Kier molecular flexibility index (Phi) is 3.08. The lowest BCUT2D eigenvalue weighted by Crippen LogP contribution is -1.93. The van der Waals surface area contributed by atoms with Gasteiger partial charge in [-0.1, -0.05) is 30.3 Å². The maximum atomic E-state index is 14.0. The molecule has 0 fully saturated rings. The monoisotopic (exact) mass is 309 g/mol. The minimum Gasteiger partial charge on any atom is -0.253 e. The molecule has 6 heteroatoms. The van der Waals surface area contributed by atoms with Crippen molar-refractivity contribution in [2.45, 2.75) is 0 Å². The molecule has 4 aromatic rings. The van der Waals surface area contributed by atoms with Crippen LogP contribution in [-0.4, -0.2) is 15.3 Å². The molecule has 0 spiro atoms. The van der Waals surface area contributed by atoms with E-state index in [0.717, 1.165) is 0 Å². The largest absolute Gasteiger partial charge is 0.253 e. The van der Waals surface area contributed by atoms with Crippen LogP contribution in [0.5, 0.6) is 0 Å². The Morgan fingerprint density at radius 2 is 1.30 bits per heavy atom. The zero-order chi connectivity index (χ0) is 15.8. The number of rotatable bonds is 2. The first-order valence-corrected chi connectivity index (χ1v) is 6.87. The zero-order valence-corrected chi connectivity index (χ0v) is 11.7. The zero-order valence-electron chi connectivity index (χ0n) is 11.7. The minimum atomic E-state index is -0.428. The van der Waals surface area contributed by atoms with Gasteiger partial charge >= 0.3 is 0 Å². The van der Waals surface area contributed by atoms with E-state index in [0.29, 0.717) is 22.3 Å². The van der Waals surface area contributed by atoms with Gasteiger partial charge in [0.05, 0.1) is 0 Å². The third-order valence-corrected chi connectivity index (χ3v) is 3.58. The van der Waals surface area contributed by atoms with Crippen LogP contribution in [0.1, 0.15) is 0 Å². The van der Waals surface area contributed by atoms with Gasteiger partial charge in [0.2, 0.25) is 0 Å². The molecule has 0 aliphatic heterocycles. The molecule has 23 heavy (non-hydrogen) atoms. The number of fused-ring (bicyclic) bond motifs is 1. The summed E-state index contributed by atoms with van der Waals surface area (Å²) in [6.07, 6.45) is 1.45. The Labute approximate surface area is 129 Å². The number of nitrogens with zero attached hydrogens (tertiary/aromatic N) is 3. The summed E-state index contributed by atoms with van der Waals surface area (Å²) in [4.78, 5) is 4.26. The average Bonchev–Trinajstić information content (AvgIpc) is 3.05. The molecule has 0 unspecified atom stereocenters. The summed E-state index contributed by atoms with van der Waals surface area (Å²) in [5, 5.41) is 7.65. The summed E-state index contributed by atoms with van der Waals surface area (Å²) in [6, 6.07) is 12.5. The molecule has 4 rings (SSSR count). The molecule has 0 saturated carbocycles. The molecule has 0 bridgehead atoms. The minimum absolute atomic E-state index is 0.285. The summed E-state index contributed by atoms with van der Waals surface area (Å²) in [6.45, 7) is 0. The van der Waals surface area contributed by atoms with Crippen molar-refractivity contribution in [3.63, 3.8) is 0 Å². The van der Waals surface area contributed by atoms with Crippen LogP contribution in [0, 0.1) is 11.6 Å². The van der Waals surface area contributed by atoms with Crippen LogP contribution in [0.25, 0.3) is 33.4 Å². The summed E-state index contributed by atoms with van der Waals surface area (Å²) in [5.74, 6) is -0.833. The van der Waals surface area contributed by atoms with Crippen LogP contribution in [-0.2, 0) is 0 Å². The average molecular weight is 309 g/mol. The molecule has 0 aliphatic rings. The Morgan fingerprint density at radius 1 is 0.696 bits per heavy atom. The van der Waals surface area contributed by atoms with E-state index in [2.05, 4.69) is 15.3 Å². The number of halogens is 2. The standard InChI is InChI=1S/C17H9F2N3O/c18-13-7-3-1-5-10(13)12-9-20-15(17-16(12)21-23-22-17)11-6-2-4-8-14(11)19/h1-9H. The number of aromatic nitrogens is 3. The maximum Gasteiger partial charge on any atom is 0.162 e. The molecule has 0 aliphatic carbocycles. The second-order valence-corrected chi connectivity index (χ2v) is 4.94. The highest BCUT2D eigenvalue weighted by Gasteiger charge is 2.19. The van der Waals surface area contributed by atoms with Crippen molar-refractivity contribution in [1.29, 1.82) is 0 Å². The molecule has 112 valence electrons. The van der Waals surface area contributed by atoms with E-state index in [1.54, 1.807) is 36.4 Å². The van der Waals surface area contributed by atoms with Crippen LogP contribution < -0.4 is 0 Å². The molecule has 2 aromatic heterocycles. The molecule has 0 radical (unpaired) electrons. The van der Waals surface area contributed by atoms with Gasteiger partial charge in [-0.25, -0.2) is 13.4 Å². The lowest BCUT2D eigenvalue weighted by Gasteiger charge is -2.06. The third-order valence-electron chi connectivity index (χ3n) is 3.58. The van der Waals surface area contributed by atoms with Crippen LogP contribution in [0.2, 0.25) is 0 Å². The lowest BCUT2D eigenvalue weighted by atomic mass is 10.0. The van der Waals surface area contributed by atoms with Crippen molar-refractivity contribution < 1.29 is 13.4 Å². The fourth-order valence-electron chi connectivity index (χ4n) is 2.50. The van der Waals surface area contributed by atoms with Gasteiger partial charge < -0.3 is 0 Å². The molecule has 0 saturated heterocycles. The van der Waals surface area contributed by atoms with Gasteiger partial charge in [0, 0.05) is 22.9 Å². The molecule has 0 amide bonds. The van der Waals surface area contributed by atoms with Crippen molar-refractivity contribution >= 4 is 11.0 Å². The SMILES string of the molecule is Fc1ccccc1-c1cnc(-c2ccccc2F)c2nonc12. The summed E-state index contributed by atoms with van der Waals surface area (Å²) in [5.41, 5.74) is 1.99. The molecule has 4 nitrogen and oxygen atoms in total. The molecule has 2 heterocycles. The predicted molar refractivity (Wildman–Crippen MR) is 80.4 cm³/mol. The fraction of sp³-hybridized carbons (Fsp3) is 0.